The molecule has 0 fully saturated rings. The maximum absolute atomic E-state index is 13.4. The number of hydrogen-bond donors (Lipinski definition) is 1. The van der Waals surface area contributed by atoms with Crippen molar-refractivity contribution in [1.82, 2.24) is 9.55 Å². The molecule has 1 heterocycles. The van der Waals surface area contributed by atoms with Crippen LogP contribution in [0.2, 0.25) is 0 Å². The van der Waals surface area contributed by atoms with Crippen molar-refractivity contribution in [1.29, 1.82) is 0 Å². The zero-order chi connectivity index (χ0) is 23.4. The SMILES string of the molecule is CCc1ccc(-n2c(SCC(=O)Nc3cc(C)ccc3OC)nc3ccccc3c2=O)cc1. The first-order chi connectivity index (χ1) is 16.0. The fourth-order valence-electron chi connectivity index (χ4n) is 3.55. The van der Waals surface area contributed by atoms with E-state index >= 15 is 0 Å². The predicted octanol–water partition coefficient (Wildman–Crippen LogP) is 5.00. The monoisotopic (exact) mass is 459 g/mol. The molecule has 0 saturated carbocycles. The number of aryl methyl sites for hydroxylation is 2. The van der Waals surface area contributed by atoms with Crippen LogP contribution in [0.3, 0.4) is 0 Å². The first-order valence-electron chi connectivity index (χ1n) is 10.7. The molecular formula is C26H25N3O3S. The lowest BCUT2D eigenvalue weighted by Gasteiger charge is -2.14. The third kappa shape index (κ3) is 4.93. The highest BCUT2D eigenvalue weighted by Gasteiger charge is 2.16. The van der Waals surface area contributed by atoms with Crippen LogP contribution in [0.25, 0.3) is 16.6 Å². The Kier molecular flexibility index (Phi) is 6.79. The van der Waals surface area contributed by atoms with Gasteiger partial charge in [-0.2, -0.15) is 0 Å². The molecule has 6 nitrogen and oxygen atoms in total. The fourth-order valence-corrected chi connectivity index (χ4v) is 4.37. The van der Waals surface area contributed by atoms with Gasteiger partial charge >= 0.3 is 0 Å². The van der Waals surface area contributed by atoms with E-state index in [1.54, 1.807) is 17.7 Å². The van der Waals surface area contributed by atoms with Crippen LogP contribution in [0.5, 0.6) is 5.75 Å². The largest absolute Gasteiger partial charge is 0.495 e. The highest BCUT2D eigenvalue weighted by Crippen LogP contribution is 2.26. The van der Waals surface area contributed by atoms with E-state index in [2.05, 4.69) is 12.2 Å². The number of para-hydroxylation sites is 1. The zero-order valence-corrected chi connectivity index (χ0v) is 19.6. The molecule has 1 aromatic heterocycles. The summed E-state index contributed by atoms with van der Waals surface area (Å²) in [6, 6.07) is 20.7. The lowest BCUT2D eigenvalue weighted by Crippen LogP contribution is -2.23. The summed E-state index contributed by atoms with van der Waals surface area (Å²) in [6.45, 7) is 4.03. The molecule has 33 heavy (non-hydrogen) atoms. The number of carbonyl (C=O) groups is 1. The summed E-state index contributed by atoms with van der Waals surface area (Å²) in [5, 5.41) is 3.90. The number of nitrogens with one attached hydrogen (secondary N) is 1. The maximum atomic E-state index is 13.4. The summed E-state index contributed by atoms with van der Waals surface area (Å²) in [4.78, 5) is 30.8. The fraction of sp³-hybridized carbons (Fsp3) is 0.192. The van der Waals surface area contributed by atoms with Crippen LogP contribution in [0, 0.1) is 6.92 Å². The second-order valence-electron chi connectivity index (χ2n) is 7.61. The van der Waals surface area contributed by atoms with Gasteiger partial charge in [0.05, 0.1) is 35.1 Å². The first kappa shape index (κ1) is 22.6. The van der Waals surface area contributed by atoms with E-state index in [-0.39, 0.29) is 17.2 Å². The molecule has 7 heteroatoms. The molecule has 0 aliphatic heterocycles. The van der Waals surface area contributed by atoms with Gasteiger partial charge in [0.1, 0.15) is 5.75 Å². The van der Waals surface area contributed by atoms with Gasteiger partial charge in [-0.05, 0) is 60.9 Å². The predicted molar refractivity (Wildman–Crippen MR) is 134 cm³/mol. The highest BCUT2D eigenvalue weighted by molar-refractivity contribution is 7.99. The van der Waals surface area contributed by atoms with Crippen molar-refractivity contribution in [3.05, 3.63) is 88.2 Å². The van der Waals surface area contributed by atoms with Gasteiger partial charge < -0.3 is 10.1 Å². The molecule has 0 atom stereocenters. The Morgan fingerprint density at radius 1 is 1.09 bits per heavy atom. The van der Waals surface area contributed by atoms with Gasteiger partial charge in [-0.25, -0.2) is 4.98 Å². The zero-order valence-electron chi connectivity index (χ0n) is 18.8. The number of aromatic nitrogens is 2. The lowest BCUT2D eigenvalue weighted by atomic mass is 10.1. The second kappa shape index (κ2) is 9.92. The third-order valence-corrected chi connectivity index (χ3v) is 6.25. The summed E-state index contributed by atoms with van der Waals surface area (Å²) in [6.07, 6.45) is 0.912. The number of methoxy groups -OCH3 is 1. The minimum atomic E-state index is -0.209. The smallest absolute Gasteiger partial charge is 0.266 e. The molecule has 0 aliphatic carbocycles. The van der Waals surface area contributed by atoms with Gasteiger partial charge in [-0.3, -0.25) is 14.2 Å². The minimum Gasteiger partial charge on any atom is -0.495 e. The van der Waals surface area contributed by atoms with E-state index in [4.69, 9.17) is 9.72 Å². The Morgan fingerprint density at radius 2 is 1.85 bits per heavy atom. The lowest BCUT2D eigenvalue weighted by molar-refractivity contribution is -0.113. The second-order valence-corrected chi connectivity index (χ2v) is 8.56. The van der Waals surface area contributed by atoms with Gasteiger partial charge in [0.25, 0.3) is 5.56 Å². The summed E-state index contributed by atoms with van der Waals surface area (Å²) < 4.78 is 6.92. The topological polar surface area (TPSA) is 73.2 Å². The van der Waals surface area contributed by atoms with Crippen molar-refractivity contribution >= 4 is 34.3 Å². The number of rotatable bonds is 7. The normalized spacial score (nSPS) is 10.9. The molecule has 4 rings (SSSR count). The Balaban J connectivity index is 1.66. The molecule has 0 spiro atoms. The number of hydrogen-bond acceptors (Lipinski definition) is 5. The van der Waals surface area contributed by atoms with E-state index in [0.717, 1.165) is 17.7 Å². The van der Waals surface area contributed by atoms with E-state index in [1.807, 2.05) is 67.6 Å². The van der Waals surface area contributed by atoms with Crippen molar-refractivity contribution in [3.63, 3.8) is 0 Å². The molecule has 168 valence electrons. The van der Waals surface area contributed by atoms with E-state index < -0.39 is 0 Å². The average molecular weight is 460 g/mol. The number of nitrogens with zero attached hydrogens (tertiary/aromatic N) is 2. The Hall–Kier alpha value is -3.58. The summed E-state index contributed by atoms with van der Waals surface area (Å²) in [5.41, 5.74) is 3.97. The molecule has 0 radical (unpaired) electrons. The number of fused-ring (bicyclic) bond motifs is 1. The van der Waals surface area contributed by atoms with Crippen molar-refractivity contribution in [2.24, 2.45) is 0 Å². The molecule has 1 N–H and O–H groups in total. The van der Waals surface area contributed by atoms with Crippen LogP contribution in [0.4, 0.5) is 5.69 Å². The van der Waals surface area contributed by atoms with Crippen LogP contribution in [-0.4, -0.2) is 28.3 Å². The maximum Gasteiger partial charge on any atom is 0.266 e. The Bertz CT molecular complexity index is 1360. The highest BCUT2D eigenvalue weighted by atomic mass is 32.2. The van der Waals surface area contributed by atoms with Gasteiger partial charge in [0.15, 0.2) is 5.16 Å². The molecule has 0 aliphatic rings. The van der Waals surface area contributed by atoms with Crippen LogP contribution >= 0.6 is 11.8 Å². The number of carbonyl (C=O) groups excluding carboxylic acids is 1. The third-order valence-electron chi connectivity index (χ3n) is 5.31. The molecular weight excluding hydrogens is 434 g/mol. The van der Waals surface area contributed by atoms with Gasteiger partial charge in [0, 0.05) is 0 Å². The summed E-state index contributed by atoms with van der Waals surface area (Å²) in [7, 11) is 1.57. The van der Waals surface area contributed by atoms with Crippen molar-refractivity contribution in [3.8, 4) is 11.4 Å². The Labute approximate surface area is 196 Å². The van der Waals surface area contributed by atoms with E-state index in [9.17, 15) is 9.59 Å². The number of anilines is 1. The van der Waals surface area contributed by atoms with Crippen LogP contribution in [0.1, 0.15) is 18.1 Å². The summed E-state index contributed by atoms with van der Waals surface area (Å²) >= 11 is 1.22. The standard InChI is InChI=1S/C26H25N3O3S/c1-4-18-10-12-19(13-11-18)29-25(31)20-7-5-6-8-21(20)28-26(29)33-16-24(30)27-22-15-17(2)9-14-23(22)32-3/h5-15H,4,16H2,1-3H3,(H,27,30). The Morgan fingerprint density at radius 3 is 2.58 bits per heavy atom. The average Bonchev–Trinajstić information content (AvgIpc) is 2.83. The van der Waals surface area contributed by atoms with Crippen molar-refractivity contribution in [2.45, 2.75) is 25.4 Å². The molecule has 4 aromatic rings. The molecule has 1 amide bonds. The van der Waals surface area contributed by atoms with Gasteiger partial charge in [0.2, 0.25) is 5.91 Å². The van der Waals surface area contributed by atoms with E-state index in [1.165, 1.54) is 17.3 Å². The van der Waals surface area contributed by atoms with Gasteiger partial charge in [-0.1, -0.05) is 49.0 Å². The number of thioether (sulfide) groups is 1. The number of ether oxygens (including phenoxy) is 1. The molecule has 0 bridgehead atoms. The molecule has 0 saturated heterocycles. The quantitative estimate of drug-likeness (QED) is 0.311. The van der Waals surface area contributed by atoms with Gasteiger partial charge in [-0.15, -0.1) is 0 Å². The molecule has 3 aromatic carbocycles. The van der Waals surface area contributed by atoms with Crippen LogP contribution < -0.4 is 15.6 Å². The number of amides is 1. The number of benzene rings is 3. The minimum absolute atomic E-state index is 0.0922. The van der Waals surface area contributed by atoms with Crippen LogP contribution in [-0.2, 0) is 11.2 Å². The van der Waals surface area contributed by atoms with Crippen molar-refractivity contribution < 1.29 is 9.53 Å². The first-order valence-corrected chi connectivity index (χ1v) is 11.7. The van der Waals surface area contributed by atoms with Crippen LogP contribution in [0.15, 0.2) is 76.7 Å². The van der Waals surface area contributed by atoms with E-state index in [0.29, 0.717) is 27.5 Å². The molecule has 0 unspecified atom stereocenters. The van der Waals surface area contributed by atoms with Crippen molar-refractivity contribution in [2.75, 3.05) is 18.2 Å². The summed E-state index contributed by atoms with van der Waals surface area (Å²) in [5.74, 6) is 0.476.